The number of nitro benzene ring substituents is 1. The van der Waals surface area contributed by atoms with Crippen LogP contribution in [0.25, 0.3) is 0 Å². The molecule has 0 amide bonds. The number of nitrogens with two attached hydrogens (primary N) is 1. The van der Waals surface area contributed by atoms with Gasteiger partial charge in [0.1, 0.15) is 11.9 Å². The Kier molecular flexibility index (Phi) is 4.72. The van der Waals surface area contributed by atoms with Gasteiger partial charge in [0, 0.05) is 30.7 Å². The van der Waals surface area contributed by atoms with Gasteiger partial charge in [0.15, 0.2) is 5.72 Å². The van der Waals surface area contributed by atoms with E-state index in [1.165, 1.54) is 24.4 Å². The number of aromatic nitrogens is 2. The number of aliphatic hydroxyl groups is 2. The minimum Gasteiger partial charge on any atom is -0.394 e. The molecule has 0 radical (unpaired) electrons. The molecular formula is C16H18N4O6. The van der Waals surface area contributed by atoms with Gasteiger partial charge in [0.2, 0.25) is 0 Å². The summed E-state index contributed by atoms with van der Waals surface area (Å²) in [5.74, 6) is 0.0179. The minimum absolute atomic E-state index is 0.0179. The van der Waals surface area contributed by atoms with E-state index in [4.69, 9.17) is 10.5 Å². The smallest absolute Gasteiger partial charge is 0.351 e. The van der Waals surface area contributed by atoms with Crippen LogP contribution in [0.1, 0.15) is 12.0 Å². The lowest BCUT2D eigenvalue weighted by molar-refractivity contribution is -0.385. The van der Waals surface area contributed by atoms with Crippen molar-refractivity contribution >= 4 is 11.5 Å². The van der Waals surface area contributed by atoms with Crippen molar-refractivity contribution in [3.63, 3.8) is 0 Å². The molecule has 0 spiro atoms. The van der Waals surface area contributed by atoms with Crippen LogP contribution in [0.5, 0.6) is 0 Å². The molecule has 0 bridgehead atoms. The Morgan fingerprint density at radius 1 is 1.42 bits per heavy atom. The molecule has 26 heavy (non-hydrogen) atoms. The number of rotatable bonds is 5. The zero-order valence-corrected chi connectivity index (χ0v) is 13.7. The van der Waals surface area contributed by atoms with E-state index in [0.717, 1.165) is 4.57 Å². The average Bonchev–Trinajstić information content (AvgIpc) is 2.91. The van der Waals surface area contributed by atoms with Gasteiger partial charge in [0.05, 0.1) is 17.6 Å². The summed E-state index contributed by atoms with van der Waals surface area (Å²) in [5.41, 5.74) is 3.57. The molecule has 1 aromatic carbocycles. The molecule has 10 nitrogen and oxygen atoms in total. The van der Waals surface area contributed by atoms with Crippen LogP contribution in [0, 0.1) is 10.1 Å². The zero-order valence-electron chi connectivity index (χ0n) is 13.7. The third-order valence-electron chi connectivity index (χ3n) is 4.43. The highest BCUT2D eigenvalue weighted by Crippen LogP contribution is 2.38. The molecule has 10 heteroatoms. The highest BCUT2D eigenvalue weighted by atomic mass is 16.6. The first-order chi connectivity index (χ1) is 12.4. The molecule has 3 atom stereocenters. The van der Waals surface area contributed by atoms with Gasteiger partial charge in [-0.3, -0.25) is 14.7 Å². The van der Waals surface area contributed by atoms with E-state index in [1.54, 1.807) is 12.1 Å². The van der Waals surface area contributed by atoms with Crippen molar-refractivity contribution in [1.82, 2.24) is 9.55 Å². The van der Waals surface area contributed by atoms with Gasteiger partial charge in [-0.15, -0.1) is 0 Å². The maximum absolute atomic E-state index is 12.4. The summed E-state index contributed by atoms with van der Waals surface area (Å²) in [6.45, 7) is -0.461. The molecule has 0 aliphatic carbocycles. The Labute approximate surface area is 147 Å². The summed E-state index contributed by atoms with van der Waals surface area (Å²) in [7, 11) is 0. The number of hydrogen-bond donors (Lipinski definition) is 3. The molecule has 1 aliphatic rings. The van der Waals surface area contributed by atoms with Crippen molar-refractivity contribution in [3.05, 3.63) is 62.7 Å². The fourth-order valence-electron chi connectivity index (χ4n) is 3.24. The first kappa shape index (κ1) is 18.0. The van der Waals surface area contributed by atoms with Crippen molar-refractivity contribution in [2.75, 3.05) is 12.3 Å². The third-order valence-corrected chi connectivity index (χ3v) is 4.43. The first-order valence-corrected chi connectivity index (χ1v) is 7.91. The van der Waals surface area contributed by atoms with E-state index in [-0.39, 0.29) is 24.3 Å². The molecule has 1 fully saturated rings. The molecule has 2 heterocycles. The van der Waals surface area contributed by atoms with E-state index in [0.29, 0.717) is 5.56 Å². The maximum Gasteiger partial charge on any atom is 0.351 e. The minimum atomic E-state index is -1.43. The number of anilines is 1. The summed E-state index contributed by atoms with van der Waals surface area (Å²) < 4.78 is 6.97. The molecule has 4 N–H and O–H groups in total. The number of aliphatic hydroxyl groups excluding tert-OH is 2. The second-order valence-corrected chi connectivity index (χ2v) is 6.12. The van der Waals surface area contributed by atoms with Crippen molar-refractivity contribution in [2.24, 2.45) is 0 Å². The van der Waals surface area contributed by atoms with Crippen LogP contribution in [0.2, 0.25) is 0 Å². The van der Waals surface area contributed by atoms with Gasteiger partial charge in [-0.25, -0.2) is 4.79 Å². The number of benzene rings is 1. The second kappa shape index (κ2) is 6.83. The Morgan fingerprint density at radius 2 is 2.15 bits per heavy atom. The van der Waals surface area contributed by atoms with Gasteiger partial charge in [-0.1, -0.05) is 18.2 Å². The van der Waals surface area contributed by atoms with Crippen LogP contribution < -0.4 is 11.4 Å². The molecule has 0 unspecified atom stereocenters. The Balaban J connectivity index is 2.11. The zero-order chi connectivity index (χ0) is 18.9. The van der Waals surface area contributed by atoms with E-state index in [2.05, 4.69) is 4.98 Å². The van der Waals surface area contributed by atoms with Crippen molar-refractivity contribution in [3.8, 4) is 0 Å². The number of para-hydroxylation sites is 1. The monoisotopic (exact) mass is 362 g/mol. The van der Waals surface area contributed by atoms with Crippen LogP contribution in [0.3, 0.4) is 0 Å². The van der Waals surface area contributed by atoms with Crippen molar-refractivity contribution in [1.29, 1.82) is 0 Å². The fourth-order valence-corrected chi connectivity index (χ4v) is 3.24. The van der Waals surface area contributed by atoms with Gasteiger partial charge in [-0.2, -0.15) is 4.98 Å². The average molecular weight is 362 g/mol. The predicted octanol–water partition coefficient (Wildman–Crippen LogP) is -0.229. The molecule has 3 rings (SSSR count). The standard InChI is InChI=1S/C16H18N4O6/c17-14-5-6-19(15(23)18-14)16(8-12(22)13(9-21)26-16)7-10-3-1-2-4-11(10)20(24)25/h1-6,12-13,21-22H,7-9H2,(H2,17,18,23)/t12-,13+,16+/m0/s1. The van der Waals surface area contributed by atoms with Gasteiger partial charge < -0.3 is 20.7 Å². The number of nitro groups is 1. The topological polar surface area (TPSA) is 154 Å². The van der Waals surface area contributed by atoms with Gasteiger partial charge in [-0.05, 0) is 6.07 Å². The fraction of sp³-hybridized carbons (Fsp3) is 0.375. The van der Waals surface area contributed by atoms with E-state index < -0.39 is 35.2 Å². The van der Waals surface area contributed by atoms with Gasteiger partial charge >= 0.3 is 5.69 Å². The Morgan fingerprint density at radius 3 is 2.77 bits per heavy atom. The highest BCUT2D eigenvalue weighted by Gasteiger charge is 2.48. The molecule has 138 valence electrons. The van der Waals surface area contributed by atoms with Crippen LogP contribution in [-0.2, 0) is 16.9 Å². The second-order valence-electron chi connectivity index (χ2n) is 6.12. The maximum atomic E-state index is 12.4. The van der Waals surface area contributed by atoms with Crippen molar-refractivity contribution < 1.29 is 19.9 Å². The summed E-state index contributed by atoms with van der Waals surface area (Å²) in [5, 5.41) is 30.9. The largest absolute Gasteiger partial charge is 0.394 e. The summed E-state index contributed by atoms with van der Waals surface area (Å²) >= 11 is 0. The first-order valence-electron chi connectivity index (χ1n) is 7.91. The molecule has 1 aliphatic heterocycles. The summed E-state index contributed by atoms with van der Waals surface area (Å²) in [6.07, 6.45) is -0.722. The van der Waals surface area contributed by atoms with E-state index in [1.807, 2.05) is 0 Å². The van der Waals surface area contributed by atoms with Crippen LogP contribution in [0.15, 0.2) is 41.3 Å². The Hall–Kier alpha value is -2.82. The number of hydrogen-bond acceptors (Lipinski definition) is 8. The number of nitrogen functional groups attached to an aromatic ring is 1. The van der Waals surface area contributed by atoms with Crippen LogP contribution in [-0.4, -0.2) is 43.5 Å². The quantitative estimate of drug-likeness (QED) is 0.487. The number of ether oxygens (including phenoxy) is 1. The molecule has 1 aromatic heterocycles. The van der Waals surface area contributed by atoms with Crippen molar-refractivity contribution in [2.45, 2.75) is 30.8 Å². The normalized spacial score (nSPS) is 25.3. The van der Waals surface area contributed by atoms with Gasteiger partial charge in [0.25, 0.3) is 5.69 Å². The van der Waals surface area contributed by atoms with E-state index >= 15 is 0 Å². The lowest BCUT2D eigenvalue weighted by Crippen LogP contribution is -2.44. The lowest BCUT2D eigenvalue weighted by atomic mass is 9.96. The van der Waals surface area contributed by atoms with Crippen LogP contribution >= 0.6 is 0 Å². The summed E-state index contributed by atoms with van der Waals surface area (Å²) in [6, 6.07) is 7.46. The highest BCUT2D eigenvalue weighted by molar-refractivity contribution is 5.40. The predicted molar refractivity (Wildman–Crippen MR) is 90.3 cm³/mol. The molecular weight excluding hydrogens is 344 g/mol. The third kappa shape index (κ3) is 3.17. The summed E-state index contributed by atoms with van der Waals surface area (Å²) in [4.78, 5) is 26.8. The molecule has 2 aromatic rings. The molecule has 0 saturated carbocycles. The van der Waals surface area contributed by atoms with E-state index in [9.17, 15) is 25.1 Å². The lowest BCUT2D eigenvalue weighted by Gasteiger charge is -2.31. The Bertz CT molecular complexity index is 885. The SMILES string of the molecule is Nc1ccn([C@@]2(Cc3ccccc3[N+](=O)[O-])C[C@H](O)[C@@H](CO)O2)c(=O)n1. The van der Waals surface area contributed by atoms with Crippen LogP contribution in [0.4, 0.5) is 11.5 Å². The number of nitrogens with zero attached hydrogens (tertiary/aromatic N) is 3. The molecule has 1 saturated heterocycles.